The first-order valence-electron chi connectivity index (χ1n) is 5.65. The zero-order chi connectivity index (χ0) is 11.5. The zero-order valence-electron chi connectivity index (χ0n) is 9.76. The molecule has 1 heterocycles. The number of nitrogens with one attached hydrogen (secondary N) is 1. The second-order valence-electron chi connectivity index (χ2n) is 4.12. The van der Waals surface area contributed by atoms with Crippen LogP contribution in [0.3, 0.4) is 0 Å². The molecule has 1 aromatic carbocycles. The molecule has 0 aliphatic carbocycles. The van der Waals surface area contributed by atoms with E-state index in [4.69, 9.17) is 11.6 Å². The van der Waals surface area contributed by atoms with Gasteiger partial charge in [0.25, 0.3) is 0 Å². The highest BCUT2D eigenvalue weighted by Crippen LogP contribution is 2.26. The molecule has 0 saturated heterocycles. The molecule has 3 heteroatoms. The van der Waals surface area contributed by atoms with Crippen LogP contribution in [0.15, 0.2) is 24.4 Å². The second-order valence-corrected chi connectivity index (χ2v) is 4.53. The maximum atomic E-state index is 6.22. The van der Waals surface area contributed by atoms with Gasteiger partial charge in [-0.1, -0.05) is 24.6 Å². The van der Waals surface area contributed by atoms with Crippen molar-refractivity contribution in [3.63, 3.8) is 0 Å². The molecule has 0 amide bonds. The van der Waals surface area contributed by atoms with E-state index >= 15 is 0 Å². The third kappa shape index (κ3) is 2.23. The molecule has 0 fully saturated rings. The van der Waals surface area contributed by atoms with Gasteiger partial charge in [0, 0.05) is 23.6 Å². The maximum Gasteiger partial charge on any atom is 0.0502 e. The Morgan fingerprint density at radius 3 is 2.94 bits per heavy atom. The number of hydrogen-bond donors (Lipinski definition) is 1. The number of fused-ring (bicyclic) bond motifs is 1. The average Bonchev–Trinajstić information content (AvgIpc) is 2.70. The fourth-order valence-corrected chi connectivity index (χ4v) is 2.17. The monoisotopic (exact) mass is 236 g/mol. The van der Waals surface area contributed by atoms with Gasteiger partial charge in [0.2, 0.25) is 0 Å². The van der Waals surface area contributed by atoms with E-state index < -0.39 is 0 Å². The summed E-state index contributed by atoms with van der Waals surface area (Å²) in [5.74, 6) is 0. The fourth-order valence-electron chi connectivity index (χ4n) is 1.87. The second kappa shape index (κ2) is 4.89. The van der Waals surface area contributed by atoms with Crippen molar-refractivity contribution in [3.05, 3.63) is 35.0 Å². The van der Waals surface area contributed by atoms with E-state index in [9.17, 15) is 0 Å². The number of aromatic nitrogens is 1. The molecule has 0 atom stereocenters. The number of H-pyrrole nitrogens is 1. The van der Waals surface area contributed by atoms with E-state index in [1.54, 1.807) is 0 Å². The largest absolute Gasteiger partial charge is 0.361 e. The van der Waals surface area contributed by atoms with Crippen molar-refractivity contribution in [2.75, 3.05) is 20.1 Å². The molecule has 2 nitrogen and oxygen atoms in total. The van der Waals surface area contributed by atoms with E-state index in [1.807, 2.05) is 12.1 Å². The Labute approximate surface area is 101 Å². The fraction of sp³-hybridized carbons (Fsp3) is 0.385. The van der Waals surface area contributed by atoms with Gasteiger partial charge in [0.1, 0.15) is 0 Å². The number of likely N-dealkylation sites (N-methyl/N-ethyl adjacent to an activating group) is 1. The lowest BCUT2D eigenvalue weighted by Gasteiger charge is -2.12. The van der Waals surface area contributed by atoms with Gasteiger partial charge in [-0.3, -0.25) is 0 Å². The van der Waals surface area contributed by atoms with Crippen LogP contribution in [-0.2, 0) is 6.42 Å². The molecule has 86 valence electrons. The van der Waals surface area contributed by atoms with E-state index in [0.717, 1.165) is 30.0 Å². The van der Waals surface area contributed by atoms with Crippen molar-refractivity contribution in [2.24, 2.45) is 0 Å². The third-order valence-corrected chi connectivity index (χ3v) is 3.35. The van der Waals surface area contributed by atoms with E-state index in [-0.39, 0.29) is 0 Å². The van der Waals surface area contributed by atoms with Gasteiger partial charge in [-0.25, -0.2) is 0 Å². The molecule has 2 rings (SSSR count). The summed E-state index contributed by atoms with van der Waals surface area (Å²) >= 11 is 6.22. The lowest BCUT2D eigenvalue weighted by atomic mass is 10.1. The normalized spacial score (nSPS) is 11.5. The molecule has 1 aromatic heterocycles. The zero-order valence-corrected chi connectivity index (χ0v) is 10.5. The van der Waals surface area contributed by atoms with Gasteiger partial charge in [-0.15, -0.1) is 0 Å². The van der Waals surface area contributed by atoms with Crippen LogP contribution in [-0.4, -0.2) is 30.0 Å². The highest BCUT2D eigenvalue weighted by atomic mass is 35.5. The first-order valence-corrected chi connectivity index (χ1v) is 6.03. The van der Waals surface area contributed by atoms with Gasteiger partial charge >= 0.3 is 0 Å². The van der Waals surface area contributed by atoms with Gasteiger partial charge in [0.15, 0.2) is 0 Å². The molecule has 0 spiro atoms. The van der Waals surface area contributed by atoms with E-state index in [1.165, 1.54) is 10.9 Å². The first-order chi connectivity index (χ1) is 7.72. The molecule has 0 aliphatic heterocycles. The van der Waals surface area contributed by atoms with Crippen molar-refractivity contribution in [1.29, 1.82) is 0 Å². The summed E-state index contributed by atoms with van der Waals surface area (Å²) < 4.78 is 0. The lowest BCUT2D eigenvalue weighted by molar-refractivity contribution is 0.358. The van der Waals surface area contributed by atoms with Crippen molar-refractivity contribution in [2.45, 2.75) is 13.3 Å². The van der Waals surface area contributed by atoms with Crippen LogP contribution in [0.4, 0.5) is 0 Å². The molecular weight excluding hydrogens is 220 g/mol. The minimum Gasteiger partial charge on any atom is -0.361 e. The predicted octanol–water partition coefficient (Wildman–Crippen LogP) is 3.32. The van der Waals surface area contributed by atoms with Crippen LogP contribution in [0.2, 0.25) is 5.02 Å². The molecule has 0 radical (unpaired) electrons. The van der Waals surface area contributed by atoms with Crippen LogP contribution in [0.1, 0.15) is 12.5 Å². The SMILES string of the molecule is CCN(C)CCc1c[nH]c2cccc(Cl)c12. The molecule has 1 N–H and O–H groups in total. The average molecular weight is 237 g/mol. The quantitative estimate of drug-likeness (QED) is 0.863. The van der Waals surface area contributed by atoms with Crippen LogP contribution in [0, 0.1) is 0 Å². The molecule has 0 saturated carbocycles. The van der Waals surface area contributed by atoms with Crippen molar-refractivity contribution < 1.29 is 0 Å². The Kier molecular flexibility index (Phi) is 3.52. The van der Waals surface area contributed by atoms with Gasteiger partial charge < -0.3 is 9.88 Å². The summed E-state index contributed by atoms with van der Waals surface area (Å²) in [5.41, 5.74) is 2.43. The summed E-state index contributed by atoms with van der Waals surface area (Å²) in [6.07, 6.45) is 3.11. The standard InChI is InChI=1S/C13H17ClN2/c1-3-16(2)8-7-10-9-15-12-6-4-5-11(14)13(10)12/h4-6,9,15H,3,7-8H2,1-2H3. The van der Waals surface area contributed by atoms with E-state index in [2.05, 4.69) is 36.1 Å². The predicted molar refractivity (Wildman–Crippen MR) is 70.2 cm³/mol. The summed E-state index contributed by atoms with van der Waals surface area (Å²) in [6, 6.07) is 5.99. The Balaban J connectivity index is 2.24. The smallest absolute Gasteiger partial charge is 0.0502 e. The number of rotatable bonds is 4. The van der Waals surface area contributed by atoms with Crippen LogP contribution >= 0.6 is 11.6 Å². The Hall–Kier alpha value is -0.990. The number of hydrogen-bond acceptors (Lipinski definition) is 1. The molecule has 0 bridgehead atoms. The Morgan fingerprint density at radius 1 is 1.38 bits per heavy atom. The first kappa shape index (κ1) is 11.5. The van der Waals surface area contributed by atoms with Crippen molar-refractivity contribution >= 4 is 22.5 Å². The lowest BCUT2D eigenvalue weighted by Crippen LogP contribution is -2.20. The van der Waals surface area contributed by atoms with Crippen LogP contribution in [0.5, 0.6) is 0 Å². The molecule has 2 aromatic rings. The van der Waals surface area contributed by atoms with Crippen LogP contribution < -0.4 is 0 Å². The summed E-state index contributed by atoms with van der Waals surface area (Å²) in [7, 11) is 2.14. The Bertz CT molecular complexity index is 476. The topological polar surface area (TPSA) is 19.0 Å². The summed E-state index contributed by atoms with van der Waals surface area (Å²) in [6.45, 7) is 4.31. The van der Waals surface area contributed by atoms with E-state index in [0.29, 0.717) is 0 Å². The minimum atomic E-state index is 0.841. The number of benzene rings is 1. The third-order valence-electron chi connectivity index (χ3n) is 3.04. The van der Waals surface area contributed by atoms with Crippen molar-refractivity contribution in [1.82, 2.24) is 9.88 Å². The Morgan fingerprint density at radius 2 is 2.19 bits per heavy atom. The molecule has 0 aliphatic rings. The van der Waals surface area contributed by atoms with Gasteiger partial charge in [0.05, 0.1) is 5.02 Å². The van der Waals surface area contributed by atoms with Crippen LogP contribution in [0.25, 0.3) is 10.9 Å². The highest BCUT2D eigenvalue weighted by Gasteiger charge is 2.07. The maximum absolute atomic E-state index is 6.22. The summed E-state index contributed by atoms with van der Waals surface area (Å²) in [4.78, 5) is 5.57. The number of aromatic amines is 1. The van der Waals surface area contributed by atoms with Gasteiger partial charge in [-0.2, -0.15) is 0 Å². The number of halogens is 1. The number of nitrogens with zero attached hydrogens (tertiary/aromatic N) is 1. The minimum absolute atomic E-state index is 0.841. The molecular formula is C13H17ClN2. The molecule has 16 heavy (non-hydrogen) atoms. The molecule has 0 unspecified atom stereocenters. The summed E-state index contributed by atoms with van der Waals surface area (Å²) in [5, 5.41) is 2.02. The highest BCUT2D eigenvalue weighted by molar-refractivity contribution is 6.35. The van der Waals surface area contributed by atoms with Crippen molar-refractivity contribution in [3.8, 4) is 0 Å². The van der Waals surface area contributed by atoms with Gasteiger partial charge in [-0.05, 0) is 37.7 Å².